The minimum atomic E-state index is 0.777. The molecule has 3 rings (SSSR count). The highest BCUT2D eigenvalue weighted by Crippen LogP contribution is 2.33. The maximum absolute atomic E-state index is 4.00. The first-order valence-electron chi connectivity index (χ1n) is 8.72. The van der Waals surface area contributed by atoms with Crippen LogP contribution in [0.4, 0.5) is 0 Å². The van der Waals surface area contributed by atoms with Gasteiger partial charge in [-0.25, -0.2) is 0 Å². The van der Waals surface area contributed by atoms with E-state index in [-0.39, 0.29) is 0 Å². The summed E-state index contributed by atoms with van der Waals surface area (Å²) >= 11 is 0. The van der Waals surface area contributed by atoms with Gasteiger partial charge in [-0.1, -0.05) is 26.7 Å². The van der Waals surface area contributed by atoms with Crippen molar-refractivity contribution in [3.8, 4) is 0 Å². The number of rotatable bonds is 5. The van der Waals surface area contributed by atoms with Gasteiger partial charge in [0.1, 0.15) is 0 Å². The van der Waals surface area contributed by atoms with E-state index in [2.05, 4.69) is 24.1 Å². The van der Waals surface area contributed by atoms with E-state index in [4.69, 9.17) is 0 Å². The molecule has 0 aromatic carbocycles. The van der Waals surface area contributed by atoms with Gasteiger partial charge in [-0.05, 0) is 50.4 Å². The molecule has 3 unspecified atom stereocenters. The molecule has 3 fully saturated rings. The standard InChI is InChI=1S/C17H32N2/c1-13(2)11-19(16-9-10-16)12-15-8-7-14-5-3-4-6-17(14)18-15/h13-18H,3-12H2,1-2H3. The molecular weight excluding hydrogens is 232 g/mol. The van der Waals surface area contributed by atoms with Crippen molar-refractivity contribution < 1.29 is 0 Å². The van der Waals surface area contributed by atoms with E-state index in [1.54, 1.807) is 0 Å². The highest BCUT2D eigenvalue weighted by Gasteiger charge is 2.35. The Bertz CT molecular complexity index is 285. The average molecular weight is 264 g/mol. The van der Waals surface area contributed by atoms with Crippen molar-refractivity contribution in [3.63, 3.8) is 0 Å². The maximum atomic E-state index is 4.00. The molecule has 3 aliphatic rings. The third-order valence-corrected chi connectivity index (χ3v) is 5.36. The fourth-order valence-corrected chi connectivity index (χ4v) is 4.28. The predicted molar refractivity (Wildman–Crippen MR) is 81.3 cm³/mol. The molecule has 1 aliphatic heterocycles. The molecule has 2 saturated carbocycles. The van der Waals surface area contributed by atoms with Gasteiger partial charge in [-0.15, -0.1) is 0 Å². The van der Waals surface area contributed by atoms with Crippen molar-refractivity contribution >= 4 is 0 Å². The molecule has 3 atom stereocenters. The summed E-state index contributed by atoms with van der Waals surface area (Å²) < 4.78 is 0. The molecule has 2 nitrogen and oxygen atoms in total. The molecule has 0 aromatic rings. The predicted octanol–water partition coefficient (Wildman–Crippen LogP) is 3.42. The van der Waals surface area contributed by atoms with Crippen LogP contribution in [-0.2, 0) is 0 Å². The number of piperidine rings is 1. The second-order valence-corrected chi connectivity index (χ2v) is 7.67. The van der Waals surface area contributed by atoms with Crippen LogP contribution >= 0.6 is 0 Å². The lowest BCUT2D eigenvalue weighted by atomic mass is 9.77. The van der Waals surface area contributed by atoms with E-state index in [0.717, 1.165) is 30.0 Å². The molecule has 2 aliphatic carbocycles. The van der Waals surface area contributed by atoms with Gasteiger partial charge >= 0.3 is 0 Å². The minimum absolute atomic E-state index is 0.777. The van der Waals surface area contributed by atoms with Gasteiger partial charge in [0.05, 0.1) is 0 Å². The summed E-state index contributed by atoms with van der Waals surface area (Å²) in [6.45, 7) is 7.34. The zero-order chi connectivity index (χ0) is 13.2. The van der Waals surface area contributed by atoms with E-state index < -0.39 is 0 Å². The molecule has 1 saturated heterocycles. The van der Waals surface area contributed by atoms with Crippen LogP contribution in [-0.4, -0.2) is 36.1 Å². The van der Waals surface area contributed by atoms with Crippen molar-refractivity contribution in [3.05, 3.63) is 0 Å². The molecule has 1 heterocycles. The highest BCUT2D eigenvalue weighted by atomic mass is 15.2. The van der Waals surface area contributed by atoms with Crippen molar-refractivity contribution in [2.24, 2.45) is 11.8 Å². The number of fused-ring (bicyclic) bond motifs is 1. The van der Waals surface area contributed by atoms with Crippen LogP contribution in [0, 0.1) is 11.8 Å². The normalized spacial score (nSPS) is 35.7. The Kier molecular flexibility index (Phi) is 4.48. The molecule has 1 N–H and O–H groups in total. The largest absolute Gasteiger partial charge is 0.310 e. The molecule has 0 spiro atoms. The lowest BCUT2D eigenvalue weighted by molar-refractivity contribution is 0.134. The first-order chi connectivity index (χ1) is 9.22. The molecule has 0 aromatic heterocycles. The lowest BCUT2D eigenvalue weighted by Crippen LogP contribution is -2.53. The minimum Gasteiger partial charge on any atom is -0.310 e. The fraction of sp³-hybridized carbons (Fsp3) is 1.00. The van der Waals surface area contributed by atoms with Gasteiger partial charge in [0.2, 0.25) is 0 Å². The molecule has 2 heteroatoms. The Morgan fingerprint density at radius 3 is 2.53 bits per heavy atom. The van der Waals surface area contributed by atoms with Crippen LogP contribution < -0.4 is 5.32 Å². The van der Waals surface area contributed by atoms with Gasteiger partial charge in [0.15, 0.2) is 0 Å². The summed E-state index contributed by atoms with van der Waals surface area (Å²) in [4.78, 5) is 2.78. The second-order valence-electron chi connectivity index (χ2n) is 7.67. The number of nitrogens with one attached hydrogen (secondary N) is 1. The average Bonchev–Trinajstić information content (AvgIpc) is 3.21. The summed E-state index contributed by atoms with van der Waals surface area (Å²) in [6.07, 6.45) is 11.7. The van der Waals surface area contributed by atoms with Crippen LogP contribution in [0.5, 0.6) is 0 Å². The van der Waals surface area contributed by atoms with Crippen LogP contribution in [0.1, 0.15) is 65.2 Å². The van der Waals surface area contributed by atoms with Crippen LogP contribution in [0.2, 0.25) is 0 Å². The Hall–Kier alpha value is -0.0800. The summed E-state index contributed by atoms with van der Waals surface area (Å²) in [7, 11) is 0. The zero-order valence-electron chi connectivity index (χ0n) is 12.9. The fourth-order valence-electron chi connectivity index (χ4n) is 4.28. The first-order valence-corrected chi connectivity index (χ1v) is 8.72. The van der Waals surface area contributed by atoms with E-state index in [9.17, 15) is 0 Å². The van der Waals surface area contributed by atoms with E-state index >= 15 is 0 Å². The molecule has 110 valence electrons. The Morgan fingerprint density at radius 1 is 1.00 bits per heavy atom. The van der Waals surface area contributed by atoms with Crippen molar-refractivity contribution in [1.29, 1.82) is 0 Å². The van der Waals surface area contributed by atoms with Gasteiger partial charge < -0.3 is 5.32 Å². The molecule has 0 amide bonds. The Labute approximate surface area is 119 Å². The summed E-state index contributed by atoms with van der Waals surface area (Å²) in [5.74, 6) is 1.82. The zero-order valence-corrected chi connectivity index (χ0v) is 12.9. The maximum Gasteiger partial charge on any atom is 0.0197 e. The second kappa shape index (κ2) is 6.13. The smallest absolute Gasteiger partial charge is 0.0197 e. The Morgan fingerprint density at radius 2 is 1.79 bits per heavy atom. The van der Waals surface area contributed by atoms with Crippen molar-refractivity contribution in [1.82, 2.24) is 10.2 Å². The van der Waals surface area contributed by atoms with E-state index in [1.807, 2.05) is 0 Å². The lowest BCUT2D eigenvalue weighted by Gasteiger charge is -2.42. The van der Waals surface area contributed by atoms with Gasteiger partial charge in [0, 0.05) is 31.2 Å². The Balaban J connectivity index is 1.51. The van der Waals surface area contributed by atoms with Crippen molar-refractivity contribution in [2.75, 3.05) is 13.1 Å². The van der Waals surface area contributed by atoms with E-state index in [0.29, 0.717) is 0 Å². The van der Waals surface area contributed by atoms with Crippen molar-refractivity contribution in [2.45, 2.75) is 83.3 Å². The quantitative estimate of drug-likeness (QED) is 0.818. The van der Waals surface area contributed by atoms with Crippen LogP contribution in [0.25, 0.3) is 0 Å². The van der Waals surface area contributed by atoms with Crippen LogP contribution in [0.15, 0.2) is 0 Å². The monoisotopic (exact) mass is 264 g/mol. The summed E-state index contributed by atoms with van der Waals surface area (Å²) in [5.41, 5.74) is 0. The first kappa shape index (κ1) is 13.9. The third kappa shape index (κ3) is 3.72. The molecule has 0 radical (unpaired) electrons. The highest BCUT2D eigenvalue weighted by molar-refractivity contribution is 4.93. The summed E-state index contributed by atoms with van der Waals surface area (Å²) in [6, 6.07) is 2.56. The van der Waals surface area contributed by atoms with Gasteiger partial charge in [0.25, 0.3) is 0 Å². The number of hydrogen-bond acceptors (Lipinski definition) is 2. The van der Waals surface area contributed by atoms with E-state index in [1.165, 1.54) is 64.5 Å². The molecule has 19 heavy (non-hydrogen) atoms. The third-order valence-electron chi connectivity index (χ3n) is 5.36. The van der Waals surface area contributed by atoms with Gasteiger partial charge in [-0.3, -0.25) is 4.90 Å². The number of nitrogens with zero attached hydrogens (tertiary/aromatic N) is 1. The summed E-state index contributed by atoms with van der Waals surface area (Å²) in [5, 5.41) is 4.00. The SMILES string of the molecule is CC(C)CN(CC1CCC2CCCCC2N1)C1CC1. The van der Waals surface area contributed by atoms with Crippen LogP contribution in [0.3, 0.4) is 0 Å². The van der Waals surface area contributed by atoms with Gasteiger partial charge in [-0.2, -0.15) is 0 Å². The number of hydrogen-bond donors (Lipinski definition) is 1. The molecular formula is C17H32N2. The topological polar surface area (TPSA) is 15.3 Å². The molecule has 0 bridgehead atoms.